The van der Waals surface area contributed by atoms with Crippen molar-refractivity contribution in [2.24, 2.45) is 5.92 Å². The third kappa shape index (κ3) is 3.42. The molecule has 0 saturated carbocycles. The molecule has 0 radical (unpaired) electrons. The number of hydrogen-bond acceptors (Lipinski definition) is 3. The van der Waals surface area contributed by atoms with E-state index in [0.29, 0.717) is 12.5 Å². The molecule has 0 spiro atoms. The van der Waals surface area contributed by atoms with E-state index in [1.807, 2.05) is 11.9 Å². The number of allylic oxidation sites excluding steroid dienone is 4. The largest absolute Gasteiger partial charge is 0.468 e. The first kappa shape index (κ1) is 11.8. The predicted octanol–water partition coefficient (Wildman–Crippen LogP) is 1.96. The molecule has 1 aliphatic rings. The molecule has 84 valence electrons. The van der Waals surface area contributed by atoms with Crippen LogP contribution in [0.3, 0.4) is 0 Å². The molecule has 0 aromatic carbocycles. The second-order valence-corrected chi connectivity index (χ2v) is 3.85. The van der Waals surface area contributed by atoms with Gasteiger partial charge in [-0.1, -0.05) is 19.1 Å². The normalized spacial score (nSPS) is 19.7. The monoisotopic (exact) mass is 209 g/mol. The summed E-state index contributed by atoms with van der Waals surface area (Å²) >= 11 is 0. The van der Waals surface area contributed by atoms with Gasteiger partial charge in [0, 0.05) is 12.7 Å². The number of hydrogen-bond donors (Lipinski definition) is 0. The summed E-state index contributed by atoms with van der Waals surface area (Å²) in [6.45, 7) is 2.50. The molecule has 0 amide bonds. The van der Waals surface area contributed by atoms with E-state index < -0.39 is 0 Å². The van der Waals surface area contributed by atoms with E-state index in [4.69, 9.17) is 0 Å². The maximum absolute atomic E-state index is 11.1. The lowest BCUT2D eigenvalue weighted by Crippen LogP contribution is -2.27. The van der Waals surface area contributed by atoms with Crippen molar-refractivity contribution in [2.45, 2.75) is 19.8 Å². The Morgan fingerprint density at radius 2 is 2.40 bits per heavy atom. The molecule has 0 heterocycles. The molecule has 0 N–H and O–H groups in total. The summed E-state index contributed by atoms with van der Waals surface area (Å²) in [5.74, 6) is 0.408. The van der Waals surface area contributed by atoms with Crippen LogP contribution in [0.1, 0.15) is 19.8 Å². The van der Waals surface area contributed by atoms with Crippen molar-refractivity contribution in [2.75, 3.05) is 20.7 Å². The van der Waals surface area contributed by atoms with E-state index >= 15 is 0 Å². The van der Waals surface area contributed by atoms with Crippen molar-refractivity contribution in [3.8, 4) is 0 Å². The molecule has 0 aliphatic heterocycles. The number of carbonyl (C=O) groups is 1. The smallest absolute Gasteiger partial charge is 0.325 e. The Labute approximate surface area is 91.4 Å². The first-order chi connectivity index (χ1) is 7.17. The predicted molar refractivity (Wildman–Crippen MR) is 60.3 cm³/mol. The van der Waals surface area contributed by atoms with E-state index in [2.05, 4.69) is 29.9 Å². The molecule has 0 aromatic rings. The van der Waals surface area contributed by atoms with Crippen molar-refractivity contribution in [3.05, 3.63) is 23.9 Å². The average Bonchev–Trinajstić information content (AvgIpc) is 2.28. The summed E-state index contributed by atoms with van der Waals surface area (Å²) in [5, 5.41) is 0. The van der Waals surface area contributed by atoms with Crippen LogP contribution in [0.25, 0.3) is 0 Å². The van der Waals surface area contributed by atoms with E-state index in [-0.39, 0.29) is 5.97 Å². The van der Waals surface area contributed by atoms with Gasteiger partial charge in [-0.2, -0.15) is 0 Å². The molecular weight excluding hydrogens is 190 g/mol. The number of rotatable bonds is 4. The van der Waals surface area contributed by atoms with Gasteiger partial charge in [0.25, 0.3) is 0 Å². The third-order valence-corrected chi connectivity index (χ3v) is 2.75. The van der Waals surface area contributed by atoms with Crippen LogP contribution in [0.15, 0.2) is 23.9 Å². The minimum absolute atomic E-state index is 0.194. The lowest BCUT2D eigenvalue weighted by molar-refractivity contribution is -0.141. The van der Waals surface area contributed by atoms with Gasteiger partial charge in [-0.05, 0) is 24.8 Å². The van der Waals surface area contributed by atoms with Crippen molar-refractivity contribution in [1.29, 1.82) is 0 Å². The molecule has 3 nitrogen and oxygen atoms in total. The van der Waals surface area contributed by atoms with Gasteiger partial charge < -0.3 is 9.64 Å². The maximum Gasteiger partial charge on any atom is 0.325 e. The Morgan fingerprint density at radius 3 is 3.00 bits per heavy atom. The van der Waals surface area contributed by atoms with Gasteiger partial charge >= 0.3 is 5.97 Å². The molecule has 0 saturated heterocycles. The molecule has 0 bridgehead atoms. The van der Waals surface area contributed by atoms with Crippen LogP contribution >= 0.6 is 0 Å². The van der Waals surface area contributed by atoms with Crippen LogP contribution in [-0.2, 0) is 9.53 Å². The number of esters is 1. The summed E-state index contributed by atoms with van der Waals surface area (Å²) in [6.07, 6.45) is 8.51. The molecule has 3 heteroatoms. The van der Waals surface area contributed by atoms with Gasteiger partial charge in [-0.3, -0.25) is 4.79 Å². The summed E-state index contributed by atoms with van der Waals surface area (Å²) in [7, 11) is 3.34. The van der Waals surface area contributed by atoms with Gasteiger partial charge in [0.15, 0.2) is 0 Å². The van der Waals surface area contributed by atoms with Crippen molar-refractivity contribution < 1.29 is 9.53 Å². The lowest BCUT2D eigenvalue weighted by Gasteiger charge is -2.25. The van der Waals surface area contributed by atoms with E-state index in [1.54, 1.807) is 0 Å². The van der Waals surface area contributed by atoms with E-state index in [0.717, 1.165) is 12.8 Å². The minimum atomic E-state index is -0.194. The van der Waals surface area contributed by atoms with Crippen LogP contribution in [0.5, 0.6) is 0 Å². The fourth-order valence-corrected chi connectivity index (χ4v) is 1.65. The van der Waals surface area contributed by atoms with Crippen molar-refractivity contribution in [3.63, 3.8) is 0 Å². The second-order valence-electron chi connectivity index (χ2n) is 3.85. The highest BCUT2D eigenvalue weighted by Crippen LogP contribution is 2.22. The minimum Gasteiger partial charge on any atom is -0.468 e. The molecule has 1 aliphatic carbocycles. The first-order valence-electron chi connectivity index (χ1n) is 5.32. The zero-order valence-electron chi connectivity index (χ0n) is 9.69. The Balaban J connectivity index is 2.53. The fourth-order valence-electron chi connectivity index (χ4n) is 1.65. The van der Waals surface area contributed by atoms with Crippen molar-refractivity contribution >= 4 is 5.97 Å². The highest BCUT2D eigenvalue weighted by molar-refractivity contribution is 5.71. The van der Waals surface area contributed by atoms with Gasteiger partial charge in [-0.25, -0.2) is 0 Å². The van der Waals surface area contributed by atoms with Gasteiger partial charge in [0.2, 0.25) is 0 Å². The number of ether oxygens (including phenoxy) is 1. The standard InChI is InChI=1S/C12H19NO2/c1-4-10-6-5-7-11(8-10)13(2)9-12(14)15-3/h5-7,10H,4,8-9H2,1-3H3. The molecular formula is C12H19NO2. The van der Waals surface area contributed by atoms with E-state index in [1.165, 1.54) is 12.8 Å². The van der Waals surface area contributed by atoms with Crippen LogP contribution in [0.2, 0.25) is 0 Å². The molecule has 0 fully saturated rings. The van der Waals surface area contributed by atoms with E-state index in [9.17, 15) is 4.79 Å². The first-order valence-corrected chi connectivity index (χ1v) is 5.32. The molecule has 15 heavy (non-hydrogen) atoms. The Kier molecular flexibility index (Phi) is 4.40. The lowest BCUT2D eigenvalue weighted by atomic mass is 9.95. The fraction of sp³-hybridized carbons (Fsp3) is 0.583. The highest BCUT2D eigenvalue weighted by atomic mass is 16.5. The topological polar surface area (TPSA) is 29.5 Å². The zero-order chi connectivity index (χ0) is 11.3. The third-order valence-electron chi connectivity index (χ3n) is 2.75. The van der Waals surface area contributed by atoms with Gasteiger partial charge in [0.05, 0.1) is 7.11 Å². The van der Waals surface area contributed by atoms with Crippen LogP contribution in [0, 0.1) is 5.92 Å². The highest BCUT2D eigenvalue weighted by Gasteiger charge is 2.14. The number of nitrogens with zero attached hydrogens (tertiary/aromatic N) is 1. The van der Waals surface area contributed by atoms with Gasteiger partial charge in [0.1, 0.15) is 6.54 Å². The Hall–Kier alpha value is -1.25. The second kappa shape index (κ2) is 5.59. The zero-order valence-corrected chi connectivity index (χ0v) is 9.69. The average molecular weight is 209 g/mol. The number of carbonyl (C=O) groups excluding carboxylic acids is 1. The summed E-state index contributed by atoms with van der Waals surface area (Å²) in [6, 6.07) is 0. The molecule has 0 aromatic heterocycles. The molecule has 1 atom stereocenters. The molecule has 1 unspecified atom stereocenters. The summed E-state index contributed by atoms with van der Waals surface area (Å²) < 4.78 is 4.64. The quantitative estimate of drug-likeness (QED) is 0.663. The maximum atomic E-state index is 11.1. The van der Waals surface area contributed by atoms with Crippen LogP contribution < -0.4 is 0 Å². The van der Waals surface area contributed by atoms with Crippen molar-refractivity contribution in [1.82, 2.24) is 4.90 Å². The number of likely N-dealkylation sites (N-methyl/N-ethyl adjacent to an activating group) is 1. The van der Waals surface area contributed by atoms with Crippen LogP contribution in [-0.4, -0.2) is 31.6 Å². The van der Waals surface area contributed by atoms with Gasteiger partial charge in [-0.15, -0.1) is 0 Å². The Morgan fingerprint density at radius 1 is 1.67 bits per heavy atom. The SMILES string of the molecule is CCC1C=CC=C(N(C)CC(=O)OC)C1. The Bertz CT molecular complexity index is 281. The van der Waals surface area contributed by atoms with Crippen LogP contribution in [0.4, 0.5) is 0 Å². The molecule has 1 rings (SSSR count). The summed E-state index contributed by atoms with van der Waals surface area (Å²) in [5.41, 5.74) is 1.20. The summed E-state index contributed by atoms with van der Waals surface area (Å²) in [4.78, 5) is 13.1. The number of methoxy groups -OCH3 is 1.